The lowest BCUT2D eigenvalue weighted by Gasteiger charge is -2.00. The number of para-hydroxylation sites is 1. The first-order chi connectivity index (χ1) is 8.90. The SMILES string of the molecule is c1ccc2sc(-c3nnc4n3CC3CC43)nc2c1. The molecule has 0 spiro atoms. The van der Waals surface area contributed by atoms with Gasteiger partial charge in [0.15, 0.2) is 10.8 Å². The van der Waals surface area contributed by atoms with Gasteiger partial charge in [-0.05, 0) is 24.5 Å². The Hall–Kier alpha value is -1.75. The van der Waals surface area contributed by atoms with Crippen LogP contribution in [0.25, 0.3) is 21.0 Å². The first-order valence-corrected chi connectivity index (χ1v) is 7.01. The number of hydrogen-bond acceptors (Lipinski definition) is 4. The molecular weight excluding hydrogens is 244 g/mol. The van der Waals surface area contributed by atoms with E-state index in [-0.39, 0.29) is 0 Å². The van der Waals surface area contributed by atoms with Gasteiger partial charge in [-0.1, -0.05) is 12.1 Å². The van der Waals surface area contributed by atoms with Crippen molar-refractivity contribution in [1.29, 1.82) is 0 Å². The number of fused-ring (bicyclic) bond motifs is 4. The lowest BCUT2D eigenvalue weighted by atomic mass is 10.3. The molecule has 0 bridgehead atoms. The van der Waals surface area contributed by atoms with Gasteiger partial charge in [-0.15, -0.1) is 21.5 Å². The molecule has 0 N–H and O–H groups in total. The number of aromatic nitrogens is 4. The summed E-state index contributed by atoms with van der Waals surface area (Å²) in [7, 11) is 0. The van der Waals surface area contributed by atoms with Crippen LogP contribution >= 0.6 is 11.3 Å². The molecule has 2 atom stereocenters. The highest BCUT2D eigenvalue weighted by molar-refractivity contribution is 7.21. The van der Waals surface area contributed by atoms with E-state index in [0.717, 1.165) is 28.8 Å². The molecule has 4 nitrogen and oxygen atoms in total. The minimum Gasteiger partial charge on any atom is -0.308 e. The summed E-state index contributed by atoms with van der Waals surface area (Å²) in [5.74, 6) is 3.64. The van der Waals surface area contributed by atoms with Crippen molar-refractivity contribution in [3.8, 4) is 10.8 Å². The Balaban J connectivity index is 1.72. The van der Waals surface area contributed by atoms with Crippen LogP contribution < -0.4 is 0 Å². The van der Waals surface area contributed by atoms with Crippen LogP contribution in [-0.2, 0) is 6.54 Å². The van der Waals surface area contributed by atoms with Crippen LogP contribution in [0.5, 0.6) is 0 Å². The molecule has 1 aromatic carbocycles. The van der Waals surface area contributed by atoms with Crippen LogP contribution in [0.3, 0.4) is 0 Å². The summed E-state index contributed by atoms with van der Waals surface area (Å²) in [6.45, 7) is 1.08. The molecule has 1 aliphatic heterocycles. The van der Waals surface area contributed by atoms with Gasteiger partial charge in [0.1, 0.15) is 5.82 Å². The first-order valence-electron chi connectivity index (χ1n) is 6.19. The molecule has 88 valence electrons. The van der Waals surface area contributed by atoms with Crippen molar-refractivity contribution in [2.45, 2.75) is 18.9 Å². The molecule has 0 amide bonds. The molecule has 1 aliphatic carbocycles. The third-order valence-corrected chi connectivity index (χ3v) is 4.97. The summed E-state index contributed by atoms with van der Waals surface area (Å²) in [6.07, 6.45) is 1.30. The largest absolute Gasteiger partial charge is 0.308 e. The third kappa shape index (κ3) is 1.07. The zero-order chi connectivity index (χ0) is 11.7. The fraction of sp³-hybridized carbons (Fsp3) is 0.308. The Labute approximate surface area is 107 Å². The number of benzene rings is 1. The smallest absolute Gasteiger partial charge is 0.193 e. The van der Waals surface area contributed by atoms with Gasteiger partial charge in [0, 0.05) is 12.5 Å². The maximum absolute atomic E-state index is 4.67. The predicted octanol–water partition coefficient (Wildman–Crippen LogP) is 2.67. The van der Waals surface area contributed by atoms with E-state index < -0.39 is 0 Å². The van der Waals surface area contributed by atoms with Crippen molar-refractivity contribution >= 4 is 21.6 Å². The quantitative estimate of drug-likeness (QED) is 0.670. The average molecular weight is 254 g/mol. The topological polar surface area (TPSA) is 43.6 Å². The highest BCUT2D eigenvalue weighted by Crippen LogP contribution is 2.53. The molecule has 0 saturated heterocycles. The minimum absolute atomic E-state index is 0.681. The second-order valence-electron chi connectivity index (χ2n) is 5.08. The van der Waals surface area contributed by atoms with E-state index in [9.17, 15) is 0 Å². The van der Waals surface area contributed by atoms with E-state index in [1.807, 2.05) is 18.2 Å². The third-order valence-electron chi connectivity index (χ3n) is 3.94. The molecule has 5 heteroatoms. The maximum atomic E-state index is 4.67. The van der Waals surface area contributed by atoms with Crippen molar-refractivity contribution in [1.82, 2.24) is 19.7 Å². The van der Waals surface area contributed by atoms with E-state index >= 15 is 0 Å². The number of rotatable bonds is 1. The molecule has 2 unspecified atom stereocenters. The zero-order valence-electron chi connectivity index (χ0n) is 9.58. The van der Waals surface area contributed by atoms with Gasteiger partial charge in [-0.2, -0.15) is 0 Å². The molecule has 5 rings (SSSR count). The fourth-order valence-electron chi connectivity index (χ4n) is 2.90. The van der Waals surface area contributed by atoms with Crippen LogP contribution in [-0.4, -0.2) is 19.7 Å². The van der Waals surface area contributed by atoms with Gasteiger partial charge in [0.2, 0.25) is 0 Å². The summed E-state index contributed by atoms with van der Waals surface area (Å²) < 4.78 is 3.48. The van der Waals surface area contributed by atoms with Crippen LogP contribution in [0.4, 0.5) is 0 Å². The van der Waals surface area contributed by atoms with Gasteiger partial charge in [-0.3, -0.25) is 0 Å². The first kappa shape index (κ1) is 9.22. The van der Waals surface area contributed by atoms with E-state index in [1.165, 1.54) is 16.9 Å². The Kier molecular flexibility index (Phi) is 1.52. The number of thiazole rings is 1. The van der Waals surface area contributed by atoms with Crippen molar-refractivity contribution in [3.63, 3.8) is 0 Å². The predicted molar refractivity (Wildman–Crippen MR) is 69.5 cm³/mol. The lowest BCUT2D eigenvalue weighted by Crippen LogP contribution is -1.99. The van der Waals surface area contributed by atoms with Crippen LogP contribution in [0.2, 0.25) is 0 Å². The Bertz CT molecular complexity index is 739. The minimum atomic E-state index is 0.681. The molecule has 2 aliphatic rings. The van der Waals surface area contributed by atoms with Crippen molar-refractivity contribution in [2.24, 2.45) is 5.92 Å². The second kappa shape index (κ2) is 2.98. The van der Waals surface area contributed by atoms with Crippen LogP contribution in [0.15, 0.2) is 24.3 Å². The van der Waals surface area contributed by atoms with Crippen LogP contribution in [0, 0.1) is 5.92 Å². The summed E-state index contributed by atoms with van der Waals surface area (Å²) >= 11 is 1.70. The van der Waals surface area contributed by atoms with E-state index in [4.69, 9.17) is 0 Å². The van der Waals surface area contributed by atoms with Gasteiger partial charge in [0.25, 0.3) is 0 Å². The summed E-state index contributed by atoms with van der Waals surface area (Å²) in [6, 6.07) is 8.23. The van der Waals surface area contributed by atoms with E-state index in [2.05, 4.69) is 25.8 Å². The normalized spacial score (nSPS) is 24.2. The van der Waals surface area contributed by atoms with E-state index in [1.54, 1.807) is 11.3 Å². The highest BCUT2D eigenvalue weighted by Gasteiger charge is 2.48. The van der Waals surface area contributed by atoms with Crippen molar-refractivity contribution < 1.29 is 0 Å². The maximum Gasteiger partial charge on any atom is 0.193 e. The molecule has 1 fully saturated rings. The molecule has 3 heterocycles. The summed E-state index contributed by atoms with van der Waals surface area (Å²) in [4.78, 5) is 4.67. The van der Waals surface area contributed by atoms with Gasteiger partial charge < -0.3 is 4.57 Å². The number of hydrogen-bond donors (Lipinski definition) is 0. The Morgan fingerprint density at radius 1 is 1.22 bits per heavy atom. The standard InChI is InChI=1S/C13H10N4S/c1-2-4-10-9(3-1)14-13(18-10)12-16-15-11-8-5-7(8)6-17(11)12/h1-4,7-8H,5-6H2. The Morgan fingerprint density at radius 2 is 2.17 bits per heavy atom. The molecule has 18 heavy (non-hydrogen) atoms. The fourth-order valence-corrected chi connectivity index (χ4v) is 3.86. The number of nitrogens with zero attached hydrogens (tertiary/aromatic N) is 4. The second-order valence-corrected chi connectivity index (χ2v) is 6.11. The zero-order valence-corrected chi connectivity index (χ0v) is 10.4. The van der Waals surface area contributed by atoms with Crippen molar-refractivity contribution in [2.75, 3.05) is 0 Å². The lowest BCUT2D eigenvalue weighted by molar-refractivity contribution is 0.672. The molecular formula is C13H10N4S. The van der Waals surface area contributed by atoms with Gasteiger partial charge in [-0.25, -0.2) is 4.98 Å². The molecule has 0 radical (unpaired) electrons. The molecule has 2 aromatic heterocycles. The monoisotopic (exact) mass is 254 g/mol. The van der Waals surface area contributed by atoms with Gasteiger partial charge in [0.05, 0.1) is 10.2 Å². The van der Waals surface area contributed by atoms with Gasteiger partial charge >= 0.3 is 0 Å². The summed E-state index contributed by atoms with van der Waals surface area (Å²) in [5.41, 5.74) is 1.05. The Morgan fingerprint density at radius 3 is 3.11 bits per heavy atom. The molecule has 1 saturated carbocycles. The van der Waals surface area contributed by atoms with E-state index in [0.29, 0.717) is 5.92 Å². The van der Waals surface area contributed by atoms with Crippen molar-refractivity contribution in [3.05, 3.63) is 30.1 Å². The molecule has 3 aromatic rings. The van der Waals surface area contributed by atoms with Crippen LogP contribution in [0.1, 0.15) is 18.2 Å². The summed E-state index contributed by atoms with van der Waals surface area (Å²) in [5, 5.41) is 9.68. The highest BCUT2D eigenvalue weighted by atomic mass is 32.1. The average Bonchev–Trinajstić information content (AvgIpc) is 2.80.